The van der Waals surface area contributed by atoms with Gasteiger partial charge < -0.3 is 19.5 Å². The molecule has 0 fully saturated rings. The van der Waals surface area contributed by atoms with Crippen LogP contribution in [-0.2, 0) is 4.79 Å². The molecule has 0 atom stereocenters. The largest absolute Gasteiger partial charge is 0.493 e. The van der Waals surface area contributed by atoms with Crippen molar-refractivity contribution in [1.82, 2.24) is 5.32 Å². The molecule has 0 aliphatic heterocycles. The molecule has 0 aliphatic rings. The summed E-state index contributed by atoms with van der Waals surface area (Å²) in [6, 6.07) is 3.56. The number of amides is 1. The number of carbonyl (C=O) groups is 1. The van der Waals surface area contributed by atoms with Gasteiger partial charge in [-0.05, 0) is 44.5 Å². The highest BCUT2D eigenvalue weighted by molar-refractivity contribution is 5.92. The van der Waals surface area contributed by atoms with Gasteiger partial charge in [-0.25, -0.2) is 0 Å². The Morgan fingerprint density at radius 2 is 1.57 bits per heavy atom. The molecule has 1 aromatic carbocycles. The number of ether oxygens (including phenoxy) is 3. The van der Waals surface area contributed by atoms with E-state index in [1.807, 2.05) is 20.8 Å². The van der Waals surface area contributed by atoms with E-state index in [-0.39, 0.29) is 11.4 Å². The van der Waals surface area contributed by atoms with Crippen molar-refractivity contribution in [3.8, 4) is 17.2 Å². The van der Waals surface area contributed by atoms with E-state index in [1.54, 1.807) is 39.5 Å². The molecule has 5 heteroatoms. The maximum atomic E-state index is 11.8. The van der Waals surface area contributed by atoms with Gasteiger partial charge in [-0.15, -0.1) is 0 Å². The van der Waals surface area contributed by atoms with Gasteiger partial charge in [0, 0.05) is 11.6 Å². The number of nitrogens with one attached hydrogen (secondary N) is 1. The van der Waals surface area contributed by atoms with Gasteiger partial charge in [0.2, 0.25) is 11.7 Å². The first-order valence-electron chi connectivity index (χ1n) is 6.61. The molecule has 0 radical (unpaired) electrons. The molecule has 0 bridgehead atoms. The van der Waals surface area contributed by atoms with Crippen LogP contribution in [0.15, 0.2) is 18.2 Å². The fourth-order valence-corrected chi connectivity index (χ4v) is 1.78. The predicted octanol–water partition coefficient (Wildman–Crippen LogP) is 2.64. The molecule has 0 unspecified atom stereocenters. The van der Waals surface area contributed by atoms with Crippen molar-refractivity contribution < 1.29 is 19.0 Å². The van der Waals surface area contributed by atoms with Gasteiger partial charge in [-0.1, -0.05) is 0 Å². The smallest absolute Gasteiger partial charge is 0.244 e. The molecule has 1 rings (SSSR count). The first kappa shape index (κ1) is 16.9. The van der Waals surface area contributed by atoms with E-state index in [0.29, 0.717) is 17.2 Å². The molecule has 0 spiro atoms. The summed E-state index contributed by atoms with van der Waals surface area (Å²) in [6.45, 7) is 5.79. The van der Waals surface area contributed by atoms with Crippen molar-refractivity contribution in [2.75, 3.05) is 21.3 Å². The molecule has 0 aromatic heterocycles. The van der Waals surface area contributed by atoms with Crippen molar-refractivity contribution in [3.05, 3.63) is 23.8 Å². The van der Waals surface area contributed by atoms with E-state index >= 15 is 0 Å². The zero-order valence-corrected chi connectivity index (χ0v) is 13.4. The maximum Gasteiger partial charge on any atom is 0.244 e. The van der Waals surface area contributed by atoms with Crippen molar-refractivity contribution in [1.29, 1.82) is 0 Å². The first-order chi connectivity index (χ1) is 9.80. The van der Waals surface area contributed by atoms with Crippen LogP contribution in [0.25, 0.3) is 6.08 Å². The molecule has 0 saturated heterocycles. The van der Waals surface area contributed by atoms with Gasteiger partial charge in [0.05, 0.1) is 21.3 Å². The lowest BCUT2D eigenvalue weighted by Crippen LogP contribution is -2.39. The summed E-state index contributed by atoms with van der Waals surface area (Å²) in [5, 5.41) is 2.86. The molecule has 1 N–H and O–H groups in total. The fraction of sp³-hybridized carbons (Fsp3) is 0.438. The van der Waals surface area contributed by atoms with Gasteiger partial charge in [0.1, 0.15) is 0 Å². The summed E-state index contributed by atoms with van der Waals surface area (Å²) in [5.41, 5.74) is 0.519. The van der Waals surface area contributed by atoms with E-state index in [9.17, 15) is 4.79 Å². The predicted molar refractivity (Wildman–Crippen MR) is 83.0 cm³/mol. The van der Waals surface area contributed by atoms with Crippen LogP contribution in [0.5, 0.6) is 17.2 Å². The van der Waals surface area contributed by atoms with Crippen LogP contribution in [0.2, 0.25) is 0 Å². The summed E-state index contributed by atoms with van der Waals surface area (Å²) in [4.78, 5) is 11.8. The minimum absolute atomic E-state index is 0.156. The monoisotopic (exact) mass is 293 g/mol. The molecule has 0 saturated carbocycles. The summed E-state index contributed by atoms with van der Waals surface area (Å²) >= 11 is 0. The van der Waals surface area contributed by atoms with Crippen molar-refractivity contribution in [2.24, 2.45) is 0 Å². The van der Waals surface area contributed by atoms with Crippen LogP contribution < -0.4 is 19.5 Å². The molecule has 1 amide bonds. The molecule has 1 aromatic rings. The van der Waals surface area contributed by atoms with E-state index in [2.05, 4.69) is 5.32 Å². The molecular formula is C16H23NO4. The highest BCUT2D eigenvalue weighted by Gasteiger charge is 2.13. The maximum absolute atomic E-state index is 11.8. The van der Waals surface area contributed by atoms with Crippen LogP contribution >= 0.6 is 0 Å². The average molecular weight is 293 g/mol. The van der Waals surface area contributed by atoms with Gasteiger partial charge in [0.25, 0.3) is 0 Å². The zero-order chi connectivity index (χ0) is 16.0. The van der Waals surface area contributed by atoms with Crippen molar-refractivity contribution in [2.45, 2.75) is 26.3 Å². The Morgan fingerprint density at radius 3 is 1.95 bits per heavy atom. The first-order valence-corrected chi connectivity index (χ1v) is 6.61. The number of rotatable bonds is 5. The third-order valence-electron chi connectivity index (χ3n) is 2.61. The molecule has 0 aliphatic carbocycles. The molecule has 116 valence electrons. The summed E-state index contributed by atoms with van der Waals surface area (Å²) < 4.78 is 15.8. The number of carbonyl (C=O) groups excluding carboxylic acids is 1. The van der Waals surface area contributed by atoms with Crippen LogP contribution in [-0.4, -0.2) is 32.8 Å². The molecule has 5 nitrogen and oxygen atoms in total. The average Bonchev–Trinajstić information content (AvgIpc) is 2.41. The van der Waals surface area contributed by atoms with Gasteiger partial charge in [-0.2, -0.15) is 0 Å². The Labute approximate surface area is 125 Å². The standard InChI is InChI=1S/C16H23NO4/c1-16(2,3)17-14(18)8-7-11-9-12(19-4)15(21-6)13(10-11)20-5/h7-10H,1-6H3,(H,17,18)/b8-7+. The molecule has 0 heterocycles. The number of hydrogen-bond acceptors (Lipinski definition) is 4. The van der Waals surface area contributed by atoms with E-state index in [4.69, 9.17) is 14.2 Å². The fourth-order valence-electron chi connectivity index (χ4n) is 1.78. The van der Waals surface area contributed by atoms with Gasteiger partial charge >= 0.3 is 0 Å². The summed E-state index contributed by atoms with van der Waals surface area (Å²) in [6.07, 6.45) is 3.18. The minimum Gasteiger partial charge on any atom is -0.493 e. The lowest BCUT2D eigenvalue weighted by molar-refractivity contribution is -0.117. The van der Waals surface area contributed by atoms with Crippen LogP contribution in [0.1, 0.15) is 26.3 Å². The second-order valence-electron chi connectivity index (χ2n) is 5.53. The highest BCUT2D eigenvalue weighted by atomic mass is 16.5. The number of methoxy groups -OCH3 is 3. The number of hydrogen-bond donors (Lipinski definition) is 1. The van der Waals surface area contributed by atoms with Gasteiger partial charge in [0.15, 0.2) is 11.5 Å². The van der Waals surface area contributed by atoms with E-state index in [0.717, 1.165) is 5.56 Å². The minimum atomic E-state index is -0.267. The zero-order valence-electron chi connectivity index (χ0n) is 13.4. The lowest BCUT2D eigenvalue weighted by atomic mass is 10.1. The second-order valence-corrected chi connectivity index (χ2v) is 5.53. The SMILES string of the molecule is COc1cc(/C=C/C(=O)NC(C)(C)C)cc(OC)c1OC. The number of benzene rings is 1. The van der Waals surface area contributed by atoms with Gasteiger partial charge in [-0.3, -0.25) is 4.79 Å². The normalized spacial score (nSPS) is 11.3. The second kappa shape index (κ2) is 7.02. The Kier molecular flexibility index (Phi) is 5.64. The van der Waals surface area contributed by atoms with Crippen molar-refractivity contribution >= 4 is 12.0 Å². The Hall–Kier alpha value is -2.17. The Balaban J connectivity index is 3.01. The third-order valence-corrected chi connectivity index (χ3v) is 2.61. The van der Waals surface area contributed by atoms with Crippen molar-refractivity contribution in [3.63, 3.8) is 0 Å². The molecule has 21 heavy (non-hydrogen) atoms. The summed E-state index contributed by atoms with van der Waals surface area (Å²) in [5.74, 6) is 1.47. The quantitative estimate of drug-likeness (QED) is 0.848. The lowest BCUT2D eigenvalue weighted by Gasteiger charge is -2.19. The topological polar surface area (TPSA) is 56.8 Å². The summed E-state index contributed by atoms with van der Waals surface area (Å²) in [7, 11) is 4.65. The van der Waals surface area contributed by atoms with Crippen LogP contribution in [0.3, 0.4) is 0 Å². The highest BCUT2D eigenvalue weighted by Crippen LogP contribution is 2.38. The van der Waals surface area contributed by atoms with E-state index in [1.165, 1.54) is 6.08 Å². The third kappa shape index (κ3) is 5.02. The van der Waals surface area contributed by atoms with Crippen LogP contribution in [0, 0.1) is 0 Å². The molecular weight excluding hydrogens is 270 g/mol. The Bertz CT molecular complexity index is 505. The van der Waals surface area contributed by atoms with Crippen LogP contribution in [0.4, 0.5) is 0 Å². The Morgan fingerprint density at radius 1 is 1.05 bits per heavy atom. The van der Waals surface area contributed by atoms with E-state index < -0.39 is 0 Å².